The average molecular weight is 792 g/mol. The molecule has 0 rings (SSSR count). The molecule has 0 aromatic rings. The van der Waals surface area contributed by atoms with Gasteiger partial charge in [-0.25, -0.2) is 0 Å². The van der Waals surface area contributed by atoms with Gasteiger partial charge in [0.2, 0.25) is 5.91 Å². The number of rotatable bonds is 46. The van der Waals surface area contributed by atoms with Crippen molar-refractivity contribution in [1.29, 1.82) is 0 Å². The highest BCUT2D eigenvalue weighted by molar-refractivity contribution is 5.76. The third-order valence-electron chi connectivity index (χ3n) is 11.6. The van der Waals surface area contributed by atoms with Crippen molar-refractivity contribution in [3.8, 4) is 0 Å². The van der Waals surface area contributed by atoms with E-state index in [0.29, 0.717) is 25.9 Å². The number of esters is 1. The number of aliphatic hydroxyl groups is 2. The molecular weight excluding hydrogens is 695 g/mol. The first-order valence-corrected chi connectivity index (χ1v) is 24.9. The van der Waals surface area contributed by atoms with E-state index in [-0.39, 0.29) is 18.5 Å². The molecule has 0 fully saturated rings. The summed E-state index contributed by atoms with van der Waals surface area (Å²) in [7, 11) is 0. The third kappa shape index (κ3) is 42.2. The van der Waals surface area contributed by atoms with Crippen LogP contribution in [-0.4, -0.2) is 47.4 Å². The van der Waals surface area contributed by atoms with Gasteiger partial charge < -0.3 is 20.3 Å². The van der Waals surface area contributed by atoms with Crippen molar-refractivity contribution in [3.05, 3.63) is 12.2 Å². The van der Waals surface area contributed by atoms with Crippen molar-refractivity contribution < 1.29 is 24.5 Å². The van der Waals surface area contributed by atoms with E-state index in [1.807, 2.05) is 0 Å². The van der Waals surface area contributed by atoms with Gasteiger partial charge >= 0.3 is 5.97 Å². The first kappa shape index (κ1) is 54.6. The maximum Gasteiger partial charge on any atom is 0.305 e. The largest absolute Gasteiger partial charge is 0.466 e. The Labute approximate surface area is 349 Å². The summed E-state index contributed by atoms with van der Waals surface area (Å²) < 4.78 is 5.45. The molecule has 0 saturated heterocycles. The number of amides is 1. The van der Waals surface area contributed by atoms with Gasteiger partial charge in [-0.05, 0) is 51.4 Å². The number of hydrogen-bond acceptors (Lipinski definition) is 5. The molecule has 0 aromatic carbocycles. The molecule has 6 heteroatoms. The van der Waals surface area contributed by atoms with Crippen molar-refractivity contribution in [1.82, 2.24) is 5.32 Å². The van der Waals surface area contributed by atoms with Crippen LogP contribution in [0.4, 0.5) is 0 Å². The van der Waals surface area contributed by atoms with Crippen LogP contribution in [0.25, 0.3) is 0 Å². The quantitative estimate of drug-likeness (QED) is 0.0324. The van der Waals surface area contributed by atoms with Crippen molar-refractivity contribution >= 4 is 11.9 Å². The molecule has 0 aliphatic rings. The van der Waals surface area contributed by atoms with Gasteiger partial charge in [0, 0.05) is 12.8 Å². The monoisotopic (exact) mass is 792 g/mol. The number of nitrogens with one attached hydrogen (secondary N) is 1. The minimum Gasteiger partial charge on any atom is -0.466 e. The number of carbonyl (C=O) groups is 2. The van der Waals surface area contributed by atoms with Crippen LogP contribution in [0.1, 0.15) is 271 Å². The second-order valence-electron chi connectivity index (χ2n) is 17.1. The van der Waals surface area contributed by atoms with E-state index in [1.54, 1.807) is 0 Å². The maximum absolute atomic E-state index is 12.4. The molecule has 0 bridgehead atoms. The second kappa shape index (κ2) is 46.3. The highest BCUT2D eigenvalue weighted by Gasteiger charge is 2.20. The van der Waals surface area contributed by atoms with Gasteiger partial charge in [0.15, 0.2) is 0 Å². The number of ether oxygens (including phenoxy) is 1. The summed E-state index contributed by atoms with van der Waals surface area (Å²) in [6.07, 6.45) is 51.7. The Kier molecular flexibility index (Phi) is 45.1. The van der Waals surface area contributed by atoms with Crippen molar-refractivity contribution in [2.45, 2.75) is 283 Å². The summed E-state index contributed by atoms with van der Waals surface area (Å²) >= 11 is 0. The summed E-state index contributed by atoms with van der Waals surface area (Å²) in [5, 5.41) is 23.1. The SMILES string of the molecule is CCCCCC/C=C\CCCCCCCC(=O)OCCCCCCCCCCCCCCCCCC(=O)NC(CO)C(O)CCCCCCCCCCCCC. The van der Waals surface area contributed by atoms with E-state index in [4.69, 9.17) is 4.74 Å². The fourth-order valence-electron chi connectivity index (χ4n) is 7.69. The minimum atomic E-state index is -0.667. The van der Waals surface area contributed by atoms with Crippen LogP contribution < -0.4 is 5.32 Å². The zero-order valence-corrected chi connectivity index (χ0v) is 37.6. The van der Waals surface area contributed by atoms with E-state index in [2.05, 4.69) is 31.3 Å². The molecule has 2 unspecified atom stereocenters. The first-order chi connectivity index (χ1) is 27.5. The zero-order chi connectivity index (χ0) is 40.8. The zero-order valence-electron chi connectivity index (χ0n) is 37.6. The molecule has 0 aliphatic heterocycles. The molecule has 0 radical (unpaired) electrons. The fraction of sp³-hybridized carbons (Fsp3) is 0.920. The van der Waals surface area contributed by atoms with E-state index < -0.39 is 12.1 Å². The van der Waals surface area contributed by atoms with Gasteiger partial charge in [0.25, 0.3) is 0 Å². The molecule has 2 atom stereocenters. The molecule has 0 spiro atoms. The number of allylic oxidation sites excluding steroid dienone is 2. The van der Waals surface area contributed by atoms with Gasteiger partial charge in [0.05, 0.1) is 25.4 Å². The van der Waals surface area contributed by atoms with E-state index in [9.17, 15) is 19.8 Å². The number of aliphatic hydroxyl groups excluding tert-OH is 2. The van der Waals surface area contributed by atoms with Gasteiger partial charge in [-0.2, -0.15) is 0 Å². The predicted molar refractivity (Wildman–Crippen MR) is 241 cm³/mol. The summed E-state index contributed by atoms with van der Waals surface area (Å²) in [5.74, 6) is -0.0534. The smallest absolute Gasteiger partial charge is 0.305 e. The van der Waals surface area contributed by atoms with Gasteiger partial charge in [-0.15, -0.1) is 0 Å². The molecule has 332 valence electrons. The summed E-state index contributed by atoms with van der Waals surface area (Å²) in [5.41, 5.74) is 0. The minimum absolute atomic E-state index is 0.00871. The highest BCUT2D eigenvalue weighted by atomic mass is 16.5. The van der Waals surface area contributed by atoms with Crippen LogP contribution in [0, 0.1) is 0 Å². The fourth-order valence-corrected chi connectivity index (χ4v) is 7.69. The predicted octanol–water partition coefficient (Wildman–Crippen LogP) is 14.6. The number of unbranched alkanes of at least 4 members (excludes halogenated alkanes) is 33. The topological polar surface area (TPSA) is 95.9 Å². The maximum atomic E-state index is 12.4. The van der Waals surface area contributed by atoms with E-state index in [1.165, 1.54) is 186 Å². The lowest BCUT2D eigenvalue weighted by molar-refractivity contribution is -0.143. The van der Waals surface area contributed by atoms with Crippen LogP contribution in [0.3, 0.4) is 0 Å². The molecule has 0 saturated carbocycles. The Balaban J connectivity index is 3.42. The van der Waals surface area contributed by atoms with Crippen molar-refractivity contribution in [2.24, 2.45) is 0 Å². The van der Waals surface area contributed by atoms with Gasteiger partial charge in [0.1, 0.15) is 0 Å². The van der Waals surface area contributed by atoms with E-state index >= 15 is 0 Å². The molecule has 1 amide bonds. The molecule has 0 heterocycles. The Morgan fingerprint density at radius 2 is 0.839 bits per heavy atom. The second-order valence-corrected chi connectivity index (χ2v) is 17.1. The average Bonchev–Trinajstić information content (AvgIpc) is 3.20. The Bertz CT molecular complexity index is 832. The van der Waals surface area contributed by atoms with Crippen LogP contribution in [-0.2, 0) is 14.3 Å². The van der Waals surface area contributed by atoms with Crippen LogP contribution >= 0.6 is 0 Å². The van der Waals surface area contributed by atoms with Crippen LogP contribution in [0.15, 0.2) is 12.2 Å². The first-order valence-electron chi connectivity index (χ1n) is 24.9. The van der Waals surface area contributed by atoms with Crippen molar-refractivity contribution in [3.63, 3.8) is 0 Å². The summed E-state index contributed by atoms with van der Waals surface area (Å²) in [4.78, 5) is 24.4. The molecule has 56 heavy (non-hydrogen) atoms. The molecular formula is C50H97NO5. The Morgan fingerprint density at radius 1 is 0.482 bits per heavy atom. The van der Waals surface area contributed by atoms with Crippen LogP contribution in [0.2, 0.25) is 0 Å². The van der Waals surface area contributed by atoms with E-state index in [0.717, 1.165) is 51.4 Å². The lowest BCUT2D eigenvalue weighted by atomic mass is 10.0. The lowest BCUT2D eigenvalue weighted by Crippen LogP contribution is -2.45. The van der Waals surface area contributed by atoms with Gasteiger partial charge in [-0.3, -0.25) is 9.59 Å². The normalized spacial score (nSPS) is 12.7. The Morgan fingerprint density at radius 3 is 1.29 bits per heavy atom. The number of carbonyl (C=O) groups excluding carboxylic acids is 2. The van der Waals surface area contributed by atoms with Crippen molar-refractivity contribution in [2.75, 3.05) is 13.2 Å². The van der Waals surface area contributed by atoms with Gasteiger partial charge in [-0.1, -0.05) is 219 Å². The molecule has 3 N–H and O–H groups in total. The standard InChI is InChI=1S/C50H97NO5/c1-3-5-7-9-11-13-15-19-24-28-32-36-40-44-50(55)56-45-41-37-33-29-25-21-18-16-17-20-23-27-31-35-39-43-49(54)51-47(46-52)48(53)42-38-34-30-26-22-14-12-10-8-6-4-2/h13,15,47-48,52-53H,3-12,14,16-46H2,1-2H3,(H,51,54)/b15-13-. The summed E-state index contributed by atoms with van der Waals surface area (Å²) in [6.45, 7) is 4.91. The lowest BCUT2D eigenvalue weighted by Gasteiger charge is -2.22. The summed E-state index contributed by atoms with van der Waals surface area (Å²) in [6, 6.07) is -0.545. The molecule has 0 aromatic heterocycles. The third-order valence-corrected chi connectivity index (χ3v) is 11.6. The molecule has 6 nitrogen and oxygen atoms in total. The Hall–Kier alpha value is -1.40. The highest BCUT2D eigenvalue weighted by Crippen LogP contribution is 2.16. The number of hydrogen-bond donors (Lipinski definition) is 3. The molecule has 0 aliphatic carbocycles. The van der Waals surface area contributed by atoms with Crippen LogP contribution in [0.5, 0.6) is 0 Å².